The third-order valence-electron chi connectivity index (χ3n) is 4.40. The van der Waals surface area contributed by atoms with E-state index in [4.69, 9.17) is 14.2 Å². The van der Waals surface area contributed by atoms with Gasteiger partial charge in [-0.2, -0.15) is 0 Å². The van der Waals surface area contributed by atoms with Gasteiger partial charge >= 0.3 is 5.97 Å². The van der Waals surface area contributed by atoms with Crippen molar-refractivity contribution >= 4 is 29.2 Å². The maximum absolute atomic E-state index is 13.7. The fourth-order valence-electron chi connectivity index (χ4n) is 2.86. The maximum atomic E-state index is 13.7. The second kappa shape index (κ2) is 12.0. The van der Waals surface area contributed by atoms with E-state index in [9.17, 15) is 18.8 Å². The summed E-state index contributed by atoms with van der Waals surface area (Å²) < 4.78 is 29.5. The van der Waals surface area contributed by atoms with E-state index in [-0.39, 0.29) is 17.0 Å². The van der Waals surface area contributed by atoms with Crippen LogP contribution in [-0.2, 0) is 14.3 Å². The summed E-state index contributed by atoms with van der Waals surface area (Å²) in [6, 6.07) is 18.6. The number of esters is 1. The van der Waals surface area contributed by atoms with Crippen LogP contribution in [0.4, 0.5) is 15.8 Å². The van der Waals surface area contributed by atoms with Gasteiger partial charge in [-0.3, -0.25) is 9.59 Å². The van der Waals surface area contributed by atoms with Crippen LogP contribution in [0.3, 0.4) is 0 Å². The molecule has 0 aliphatic heterocycles. The maximum Gasteiger partial charge on any atom is 0.342 e. The highest BCUT2D eigenvalue weighted by atomic mass is 19.1. The fraction of sp³-hybridized carbons (Fsp3) is 0.160. The Kier molecular flexibility index (Phi) is 8.56. The van der Waals surface area contributed by atoms with Gasteiger partial charge in [0, 0.05) is 5.69 Å². The highest BCUT2D eigenvalue weighted by Crippen LogP contribution is 2.20. The predicted molar refractivity (Wildman–Crippen MR) is 123 cm³/mol. The van der Waals surface area contributed by atoms with E-state index in [2.05, 4.69) is 10.6 Å². The first-order chi connectivity index (χ1) is 16.5. The van der Waals surface area contributed by atoms with Crippen molar-refractivity contribution in [2.24, 2.45) is 0 Å². The van der Waals surface area contributed by atoms with Crippen molar-refractivity contribution in [3.8, 4) is 11.5 Å². The van der Waals surface area contributed by atoms with Gasteiger partial charge in [-0.15, -0.1) is 0 Å². The van der Waals surface area contributed by atoms with Gasteiger partial charge in [0.1, 0.15) is 22.9 Å². The van der Waals surface area contributed by atoms with Crippen LogP contribution in [0.5, 0.6) is 11.5 Å². The molecule has 0 heterocycles. The first-order valence-corrected chi connectivity index (χ1v) is 10.4. The number of rotatable bonds is 10. The van der Waals surface area contributed by atoms with Crippen LogP contribution in [0.15, 0.2) is 72.8 Å². The van der Waals surface area contributed by atoms with Gasteiger partial charge in [-0.05, 0) is 55.5 Å². The zero-order chi connectivity index (χ0) is 24.3. The molecule has 176 valence electrons. The van der Waals surface area contributed by atoms with Crippen LogP contribution in [0.25, 0.3) is 0 Å². The second-order valence-electron chi connectivity index (χ2n) is 6.89. The molecule has 0 aliphatic rings. The molecule has 9 heteroatoms. The number of amides is 2. The number of carbonyl (C=O) groups excluding carboxylic acids is 3. The summed E-state index contributed by atoms with van der Waals surface area (Å²) in [7, 11) is 0. The van der Waals surface area contributed by atoms with Gasteiger partial charge in [0.15, 0.2) is 13.2 Å². The highest BCUT2D eigenvalue weighted by Gasteiger charge is 2.17. The number of para-hydroxylation sites is 2. The lowest BCUT2D eigenvalue weighted by Crippen LogP contribution is -2.23. The molecule has 8 nitrogen and oxygen atoms in total. The molecule has 34 heavy (non-hydrogen) atoms. The van der Waals surface area contributed by atoms with Crippen LogP contribution in [-0.4, -0.2) is 37.6 Å². The second-order valence-corrected chi connectivity index (χ2v) is 6.89. The van der Waals surface area contributed by atoms with E-state index in [1.54, 1.807) is 42.5 Å². The summed E-state index contributed by atoms with van der Waals surface area (Å²) in [6.45, 7) is 1.42. The molecule has 0 unspecified atom stereocenters. The minimum Gasteiger partial charge on any atom is -0.494 e. The van der Waals surface area contributed by atoms with Crippen molar-refractivity contribution < 1.29 is 33.0 Å². The first-order valence-electron chi connectivity index (χ1n) is 10.4. The van der Waals surface area contributed by atoms with E-state index in [0.717, 1.165) is 0 Å². The molecule has 3 aromatic rings. The molecule has 0 saturated heterocycles. The van der Waals surface area contributed by atoms with E-state index in [1.165, 1.54) is 30.3 Å². The summed E-state index contributed by atoms with van der Waals surface area (Å²) in [4.78, 5) is 36.7. The monoisotopic (exact) mass is 466 g/mol. The number of hydrogen-bond acceptors (Lipinski definition) is 6. The molecule has 2 amide bonds. The average molecular weight is 466 g/mol. The number of ether oxygens (including phenoxy) is 3. The van der Waals surface area contributed by atoms with Crippen molar-refractivity contribution in [3.05, 3.63) is 84.2 Å². The Morgan fingerprint density at radius 2 is 1.47 bits per heavy atom. The summed E-state index contributed by atoms with van der Waals surface area (Å²) in [5, 5.41) is 5.00. The van der Waals surface area contributed by atoms with Crippen molar-refractivity contribution in [1.82, 2.24) is 0 Å². The Balaban J connectivity index is 1.51. The van der Waals surface area contributed by atoms with Crippen LogP contribution in [0.2, 0.25) is 0 Å². The molecule has 3 aromatic carbocycles. The molecular weight excluding hydrogens is 443 g/mol. The molecule has 3 rings (SSSR count). The molecule has 2 N–H and O–H groups in total. The Labute approximate surface area is 195 Å². The molecule has 0 radical (unpaired) electrons. The van der Waals surface area contributed by atoms with Crippen LogP contribution >= 0.6 is 0 Å². The number of benzene rings is 3. The van der Waals surface area contributed by atoms with Gasteiger partial charge in [-0.25, -0.2) is 9.18 Å². The minimum absolute atomic E-state index is 0.0161. The number of anilines is 2. The third kappa shape index (κ3) is 7.06. The van der Waals surface area contributed by atoms with Crippen LogP contribution in [0, 0.1) is 5.82 Å². The van der Waals surface area contributed by atoms with Crippen molar-refractivity contribution in [2.75, 3.05) is 30.5 Å². The van der Waals surface area contributed by atoms with E-state index in [1.807, 2.05) is 6.92 Å². The largest absolute Gasteiger partial charge is 0.494 e. The molecule has 0 fully saturated rings. The quantitative estimate of drug-likeness (QED) is 0.437. The summed E-state index contributed by atoms with van der Waals surface area (Å²) in [5.74, 6) is -1.76. The van der Waals surface area contributed by atoms with Crippen molar-refractivity contribution in [1.29, 1.82) is 0 Å². The van der Waals surface area contributed by atoms with Crippen molar-refractivity contribution in [2.45, 2.75) is 6.92 Å². The molecule has 0 spiro atoms. The molecule has 0 atom stereocenters. The third-order valence-corrected chi connectivity index (χ3v) is 4.40. The average Bonchev–Trinajstić information content (AvgIpc) is 2.84. The number of halogens is 1. The normalized spacial score (nSPS) is 10.2. The Morgan fingerprint density at radius 3 is 2.21 bits per heavy atom. The lowest BCUT2D eigenvalue weighted by atomic mass is 10.2. The molecule has 0 aliphatic carbocycles. The summed E-state index contributed by atoms with van der Waals surface area (Å²) in [5.41, 5.74) is 0.575. The van der Waals surface area contributed by atoms with E-state index < -0.39 is 36.8 Å². The minimum atomic E-state index is -0.799. The standard InChI is InChI=1S/C25H23FN2O6/c1-2-32-18-13-11-17(12-14-18)27-23(29)16-34-25(31)19-7-3-6-10-22(19)33-15-24(30)28-21-9-5-4-8-20(21)26/h3-14H,2,15-16H2,1H3,(H,27,29)(H,28,30). The zero-order valence-electron chi connectivity index (χ0n) is 18.4. The van der Waals surface area contributed by atoms with Crippen LogP contribution in [0.1, 0.15) is 17.3 Å². The topological polar surface area (TPSA) is 103 Å². The molecule has 0 saturated carbocycles. The number of carbonyl (C=O) groups is 3. The van der Waals surface area contributed by atoms with E-state index >= 15 is 0 Å². The van der Waals surface area contributed by atoms with Gasteiger partial charge in [0.25, 0.3) is 11.8 Å². The lowest BCUT2D eigenvalue weighted by Gasteiger charge is -2.12. The van der Waals surface area contributed by atoms with Crippen molar-refractivity contribution in [3.63, 3.8) is 0 Å². The van der Waals surface area contributed by atoms with Gasteiger partial charge in [0.05, 0.1) is 12.3 Å². The molecular formula is C25H23FN2O6. The Bertz CT molecular complexity index is 1150. The zero-order valence-corrected chi connectivity index (χ0v) is 18.4. The summed E-state index contributed by atoms with van der Waals surface area (Å²) in [6.07, 6.45) is 0. The van der Waals surface area contributed by atoms with Crippen LogP contribution < -0.4 is 20.1 Å². The van der Waals surface area contributed by atoms with E-state index in [0.29, 0.717) is 18.0 Å². The first kappa shape index (κ1) is 24.2. The smallest absolute Gasteiger partial charge is 0.342 e. The highest BCUT2D eigenvalue weighted by molar-refractivity contribution is 5.97. The SMILES string of the molecule is CCOc1ccc(NC(=O)COC(=O)c2ccccc2OCC(=O)Nc2ccccc2F)cc1. The predicted octanol–water partition coefficient (Wildman–Crippen LogP) is 4.04. The van der Waals surface area contributed by atoms with Gasteiger partial charge in [0.2, 0.25) is 0 Å². The number of hydrogen-bond donors (Lipinski definition) is 2. The van der Waals surface area contributed by atoms with Gasteiger partial charge in [-0.1, -0.05) is 24.3 Å². The Hall–Kier alpha value is -4.40. The Morgan fingerprint density at radius 1 is 0.794 bits per heavy atom. The van der Waals surface area contributed by atoms with Gasteiger partial charge < -0.3 is 24.8 Å². The molecule has 0 aromatic heterocycles. The number of nitrogens with one attached hydrogen (secondary N) is 2. The fourth-order valence-corrected chi connectivity index (χ4v) is 2.86. The lowest BCUT2D eigenvalue weighted by molar-refractivity contribution is -0.119. The molecule has 0 bridgehead atoms. The summed E-state index contributed by atoms with van der Waals surface area (Å²) >= 11 is 0.